The van der Waals surface area contributed by atoms with Crippen molar-refractivity contribution in [1.29, 1.82) is 0 Å². The summed E-state index contributed by atoms with van der Waals surface area (Å²) in [6, 6.07) is 5.72. The van der Waals surface area contributed by atoms with Crippen LogP contribution in [-0.4, -0.2) is 48.1 Å². The molecule has 3 N–H and O–H groups in total. The Kier molecular flexibility index (Phi) is 4.54. The lowest BCUT2D eigenvalue weighted by atomic mass is 10.2. The Labute approximate surface area is 141 Å². The van der Waals surface area contributed by atoms with Crippen molar-refractivity contribution >= 4 is 34.6 Å². The average Bonchev–Trinajstić information content (AvgIpc) is 2.55. The standard InChI is InChI=1S/C16H21ClN6/c1-11-12(17)4-3-5-13(11)21-15-14(18)16(20-10-19-15)23-8-6-22(2)7-9-23/h3-5,10H,6-9,18H2,1-2H3,(H,19,20,21). The van der Waals surface area contributed by atoms with E-state index in [0.29, 0.717) is 16.5 Å². The van der Waals surface area contributed by atoms with Crippen molar-refractivity contribution in [1.82, 2.24) is 14.9 Å². The molecule has 23 heavy (non-hydrogen) atoms. The third kappa shape index (κ3) is 3.33. The van der Waals surface area contributed by atoms with Gasteiger partial charge in [-0.3, -0.25) is 0 Å². The Hall–Kier alpha value is -2.05. The summed E-state index contributed by atoms with van der Waals surface area (Å²) in [4.78, 5) is 13.2. The fourth-order valence-corrected chi connectivity index (χ4v) is 2.80. The smallest absolute Gasteiger partial charge is 0.159 e. The number of halogens is 1. The zero-order valence-electron chi connectivity index (χ0n) is 13.4. The molecule has 2 heterocycles. The SMILES string of the molecule is Cc1c(Cl)cccc1Nc1ncnc(N2CCN(C)CC2)c1N. The van der Waals surface area contributed by atoms with E-state index < -0.39 is 0 Å². The van der Waals surface area contributed by atoms with E-state index in [1.165, 1.54) is 0 Å². The number of nitrogens with zero attached hydrogens (tertiary/aromatic N) is 4. The van der Waals surface area contributed by atoms with Gasteiger partial charge in [0.15, 0.2) is 11.6 Å². The van der Waals surface area contributed by atoms with E-state index in [4.69, 9.17) is 17.3 Å². The van der Waals surface area contributed by atoms with E-state index in [2.05, 4.69) is 32.1 Å². The highest BCUT2D eigenvalue weighted by atomic mass is 35.5. The maximum Gasteiger partial charge on any atom is 0.159 e. The highest BCUT2D eigenvalue weighted by Gasteiger charge is 2.19. The molecule has 0 amide bonds. The van der Waals surface area contributed by atoms with Gasteiger partial charge in [-0.2, -0.15) is 0 Å². The number of piperazine rings is 1. The van der Waals surface area contributed by atoms with Crippen LogP contribution in [0, 0.1) is 6.92 Å². The third-order valence-corrected chi connectivity index (χ3v) is 4.60. The van der Waals surface area contributed by atoms with E-state index in [0.717, 1.165) is 43.2 Å². The van der Waals surface area contributed by atoms with Gasteiger partial charge in [-0.15, -0.1) is 0 Å². The molecule has 3 rings (SSSR count). The molecule has 122 valence electrons. The zero-order chi connectivity index (χ0) is 16.4. The second kappa shape index (κ2) is 6.60. The quantitative estimate of drug-likeness (QED) is 0.900. The minimum Gasteiger partial charge on any atom is -0.393 e. The summed E-state index contributed by atoms with van der Waals surface area (Å²) in [5.74, 6) is 1.40. The molecule has 1 fully saturated rings. The first-order valence-corrected chi connectivity index (χ1v) is 8.00. The van der Waals surface area contributed by atoms with Crippen LogP contribution in [0.3, 0.4) is 0 Å². The number of aromatic nitrogens is 2. The molecular weight excluding hydrogens is 312 g/mol. The van der Waals surface area contributed by atoms with Gasteiger partial charge in [-0.1, -0.05) is 17.7 Å². The van der Waals surface area contributed by atoms with Crippen LogP contribution < -0.4 is 16.0 Å². The third-order valence-electron chi connectivity index (χ3n) is 4.19. The van der Waals surface area contributed by atoms with Crippen molar-refractivity contribution < 1.29 is 0 Å². The van der Waals surface area contributed by atoms with Crippen LogP contribution in [0.5, 0.6) is 0 Å². The van der Waals surface area contributed by atoms with Gasteiger partial charge in [0, 0.05) is 36.9 Å². The van der Waals surface area contributed by atoms with Crippen molar-refractivity contribution in [3.8, 4) is 0 Å². The molecule has 6 nitrogen and oxygen atoms in total. The second-order valence-electron chi connectivity index (χ2n) is 5.79. The molecular formula is C16H21ClN6. The van der Waals surface area contributed by atoms with Gasteiger partial charge in [0.25, 0.3) is 0 Å². The molecule has 1 aromatic heterocycles. The van der Waals surface area contributed by atoms with Crippen LogP contribution >= 0.6 is 11.6 Å². The maximum absolute atomic E-state index is 6.31. The highest BCUT2D eigenvalue weighted by molar-refractivity contribution is 6.31. The van der Waals surface area contributed by atoms with E-state index >= 15 is 0 Å². The lowest BCUT2D eigenvalue weighted by molar-refractivity contribution is 0.312. The summed E-state index contributed by atoms with van der Waals surface area (Å²) < 4.78 is 0. The first-order valence-electron chi connectivity index (χ1n) is 7.62. The number of likely N-dealkylation sites (N-methyl/N-ethyl adjacent to an activating group) is 1. The second-order valence-corrected chi connectivity index (χ2v) is 6.19. The number of nitrogens with two attached hydrogens (primary N) is 1. The van der Waals surface area contributed by atoms with Gasteiger partial charge in [-0.25, -0.2) is 9.97 Å². The van der Waals surface area contributed by atoms with Gasteiger partial charge in [0.05, 0.1) is 0 Å². The van der Waals surface area contributed by atoms with Crippen molar-refractivity contribution in [2.24, 2.45) is 0 Å². The molecule has 0 atom stereocenters. The largest absolute Gasteiger partial charge is 0.393 e. The fourth-order valence-electron chi connectivity index (χ4n) is 2.63. The van der Waals surface area contributed by atoms with Gasteiger partial charge in [0.2, 0.25) is 0 Å². The molecule has 2 aromatic rings. The Balaban J connectivity index is 1.86. The topological polar surface area (TPSA) is 70.3 Å². The normalized spacial score (nSPS) is 15.7. The first kappa shape index (κ1) is 15.8. The maximum atomic E-state index is 6.31. The van der Waals surface area contributed by atoms with E-state index in [1.54, 1.807) is 6.33 Å². The molecule has 0 spiro atoms. The molecule has 0 unspecified atom stereocenters. The Bertz CT molecular complexity index is 697. The number of nitrogens with one attached hydrogen (secondary N) is 1. The van der Waals surface area contributed by atoms with Crippen LogP contribution in [0.1, 0.15) is 5.56 Å². The average molecular weight is 333 g/mol. The van der Waals surface area contributed by atoms with Crippen LogP contribution in [-0.2, 0) is 0 Å². The molecule has 1 aliphatic heterocycles. The monoisotopic (exact) mass is 332 g/mol. The summed E-state index contributed by atoms with van der Waals surface area (Å²) in [7, 11) is 2.12. The van der Waals surface area contributed by atoms with Gasteiger partial charge in [-0.05, 0) is 31.7 Å². The number of nitrogen functional groups attached to an aromatic ring is 1. The van der Waals surface area contributed by atoms with E-state index in [-0.39, 0.29) is 0 Å². The minimum absolute atomic E-state index is 0.566. The predicted molar refractivity (Wildman–Crippen MR) is 95.6 cm³/mol. The Morgan fingerprint density at radius 1 is 1.17 bits per heavy atom. The summed E-state index contributed by atoms with van der Waals surface area (Å²) in [5, 5.41) is 3.98. The van der Waals surface area contributed by atoms with Crippen LogP contribution in [0.15, 0.2) is 24.5 Å². The molecule has 1 aliphatic rings. The zero-order valence-corrected chi connectivity index (χ0v) is 14.1. The predicted octanol–water partition coefficient (Wildman–Crippen LogP) is 2.52. The number of anilines is 4. The number of hydrogen-bond acceptors (Lipinski definition) is 6. The van der Waals surface area contributed by atoms with E-state index in [1.807, 2.05) is 25.1 Å². The lowest BCUT2D eigenvalue weighted by Crippen LogP contribution is -2.45. The van der Waals surface area contributed by atoms with Gasteiger partial charge < -0.3 is 20.9 Å². The molecule has 1 aromatic carbocycles. The molecule has 7 heteroatoms. The van der Waals surface area contributed by atoms with Crippen molar-refractivity contribution in [3.63, 3.8) is 0 Å². The Morgan fingerprint density at radius 3 is 2.65 bits per heavy atom. The molecule has 0 saturated carbocycles. The molecule has 0 bridgehead atoms. The molecule has 1 saturated heterocycles. The number of rotatable bonds is 3. The highest BCUT2D eigenvalue weighted by Crippen LogP contribution is 2.31. The fraction of sp³-hybridized carbons (Fsp3) is 0.375. The number of benzene rings is 1. The molecule has 0 aliphatic carbocycles. The number of hydrogen-bond donors (Lipinski definition) is 2. The summed E-state index contributed by atoms with van der Waals surface area (Å²) in [6.07, 6.45) is 1.55. The van der Waals surface area contributed by atoms with E-state index in [9.17, 15) is 0 Å². The van der Waals surface area contributed by atoms with Crippen molar-refractivity contribution in [3.05, 3.63) is 35.1 Å². The van der Waals surface area contributed by atoms with Gasteiger partial charge >= 0.3 is 0 Å². The molecule has 0 radical (unpaired) electrons. The first-order chi connectivity index (χ1) is 11.1. The Morgan fingerprint density at radius 2 is 1.91 bits per heavy atom. The summed E-state index contributed by atoms with van der Waals surface area (Å²) >= 11 is 6.17. The van der Waals surface area contributed by atoms with Crippen molar-refractivity contribution in [2.45, 2.75) is 6.92 Å². The lowest BCUT2D eigenvalue weighted by Gasteiger charge is -2.33. The summed E-state index contributed by atoms with van der Waals surface area (Å²) in [5.41, 5.74) is 8.74. The van der Waals surface area contributed by atoms with Gasteiger partial charge in [0.1, 0.15) is 12.0 Å². The minimum atomic E-state index is 0.566. The van der Waals surface area contributed by atoms with Crippen LogP contribution in [0.2, 0.25) is 5.02 Å². The van der Waals surface area contributed by atoms with Crippen molar-refractivity contribution in [2.75, 3.05) is 49.2 Å². The van der Waals surface area contributed by atoms with Crippen LogP contribution in [0.25, 0.3) is 0 Å². The van der Waals surface area contributed by atoms with Crippen LogP contribution in [0.4, 0.5) is 23.0 Å². The summed E-state index contributed by atoms with van der Waals surface area (Å²) in [6.45, 7) is 5.78.